The van der Waals surface area contributed by atoms with Gasteiger partial charge in [0.05, 0.1) is 37.0 Å². The summed E-state index contributed by atoms with van der Waals surface area (Å²) in [7, 11) is -6.62. The molecule has 0 radical (unpaired) electrons. The largest absolute Gasteiger partial charge is 0.506 e. The number of nitrogens with one attached hydrogen (secondary N) is 4. The van der Waals surface area contributed by atoms with Gasteiger partial charge in [0.2, 0.25) is 11.6 Å². The molecule has 0 unspecified atom stereocenters. The van der Waals surface area contributed by atoms with E-state index in [0.717, 1.165) is 12.2 Å². The number of phenolic OH excluding ortho intramolecular Hbond substituents is 2. The minimum atomic E-state index is -4.72. The van der Waals surface area contributed by atoms with Crippen molar-refractivity contribution in [2.75, 3.05) is 35.7 Å². The van der Waals surface area contributed by atoms with Crippen LogP contribution in [0.4, 0.5) is 22.7 Å². The number of carbonyl (C=O) groups is 4. The average molecular weight is 985 g/mol. The second-order valence-corrected chi connectivity index (χ2v) is 17.9. The third-order valence-corrected chi connectivity index (χ3v) is 12.6. The molecule has 0 aliphatic heterocycles. The molecule has 70 heavy (non-hydrogen) atoms. The highest BCUT2D eigenvalue weighted by Gasteiger charge is 2.31. The molecule has 8 N–H and O–H groups in total. The Labute approximate surface area is 397 Å². The standard InChI is InChI=1S/C48H36N6O14S2/c1-67-41-21-25(11-17-35(41)49-47(59)27-13-15-33(37(55)19-27)51-53-45-31-9-5-3-7-29(31)43(23-39(45)57)69(61,62)63)26-12-18-36(42(22-26)68-2)50-48(60)28-14-16-34(38(56)20-28)52-54-46-32-10-6-4-8-30(32)44(24-40(46)58)70(64,65)66/h3-24,51-52,55-56H,1-2H3,(H,49,59)(H,50,60)(H,61,62,63)(H,64,65,66)/b53-45-,54-46+. The van der Waals surface area contributed by atoms with Crippen LogP contribution in [-0.2, 0) is 29.8 Å². The molecule has 0 heterocycles. The lowest BCUT2D eigenvalue weighted by atomic mass is 9.94. The van der Waals surface area contributed by atoms with Gasteiger partial charge in [-0.1, -0.05) is 60.7 Å². The summed E-state index contributed by atoms with van der Waals surface area (Å²) in [6.45, 7) is 0. The maximum Gasteiger partial charge on any atom is 0.295 e. The first-order chi connectivity index (χ1) is 33.3. The third-order valence-electron chi connectivity index (χ3n) is 10.8. The van der Waals surface area contributed by atoms with Gasteiger partial charge in [-0.25, -0.2) is 0 Å². The highest BCUT2D eigenvalue weighted by atomic mass is 32.2. The SMILES string of the molecule is COc1cc(-c2ccc(NC(=O)c3ccc(N/N=C4/C(=O)C=C(S(=O)(=O)O)c5ccccc54)c(O)c3)c(OC)c2)ccc1NC(=O)c1ccc(N/N=C2\C(=O)C=C(S(=O)(=O)O)c3ccccc32)c(O)c1. The summed E-state index contributed by atoms with van der Waals surface area (Å²) in [5.74, 6) is -3.13. The number of amides is 2. The van der Waals surface area contributed by atoms with Crippen LogP contribution in [0.25, 0.3) is 20.9 Å². The van der Waals surface area contributed by atoms with E-state index < -0.39 is 64.9 Å². The lowest BCUT2D eigenvalue weighted by Gasteiger charge is -2.17. The summed E-state index contributed by atoms with van der Waals surface area (Å²) >= 11 is 0. The van der Waals surface area contributed by atoms with E-state index in [1.807, 2.05) is 0 Å². The summed E-state index contributed by atoms with van der Waals surface area (Å²) in [5, 5.41) is 35.2. The number of aromatic hydroxyl groups is 2. The molecule has 2 amide bonds. The van der Waals surface area contributed by atoms with Gasteiger partial charge in [-0.05, 0) is 71.8 Å². The number of hydrogen-bond acceptors (Lipinski definition) is 16. The molecular formula is C48H36N6O14S2. The monoisotopic (exact) mass is 984 g/mol. The van der Waals surface area contributed by atoms with Gasteiger partial charge in [-0.3, -0.25) is 39.1 Å². The topological polar surface area (TPSA) is 309 Å². The van der Waals surface area contributed by atoms with Gasteiger partial charge in [-0.15, -0.1) is 0 Å². The first-order valence-corrected chi connectivity index (χ1v) is 23.2. The summed E-state index contributed by atoms with van der Waals surface area (Å²) < 4.78 is 78.0. The Morgan fingerprint density at radius 3 is 1.20 bits per heavy atom. The normalized spacial score (nSPS) is 14.5. The highest BCUT2D eigenvalue weighted by Crippen LogP contribution is 2.37. The fourth-order valence-electron chi connectivity index (χ4n) is 7.37. The van der Waals surface area contributed by atoms with Crippen LogP contribution in [-0.4, -0.2) is 85.2 Å². The van der Waals surface area contributed by atoms with E-state index in [2.05, 4.69) is 31.7 Å². The number of ether oxygens (including phenoxy) is 2. The second kappa shape index (κ2) is 19.0. The number of ketones is 2. The molecule has 2 aliphatic rings. The van der Waals surface area contributed by atoms with Gasteiger partial charge < -0.3 is 30.3 Å². The number of nitrogens with zero attached hydrogens (tertiary/aromatic N) is 2. The van der Waals surface area contributed by atoms with Crippen LogP contribution in [0.3, 0.4) is 0 Å². The Kier molecular flexibility index (Phi) is 12.9. The van der Waals surface area contributed by atoms with E-state index in [9.17, 15) is 55.3 Å². The molecule has 20 nitrogen and oxygen atoms in total. The summed E-state index contributed by atoms with van der Waals surface area (Å²) in [4.78, 5) is 51.2. The molecule has 0 saturated carbocycles. The molecular weight excluding hydrogens is 949 g/mol. The van der Waals surface area contributed by atoms with Crippen molar-refractivity contribution in [2.24, 2.45) is 10.2 Å². The van der Waals surface area contributed by atoms with Gasteiger partial charge in [0.15, 0.2) is 0 Å². The number of anilines is 4. The first-order valence-electron chi connectivity index (χ1n) is 20.3. The maximum absolute atomic E-state index is 13.4. The van der Waals surface area contributed by atoms with Crippen LogP contribution in [0, 0.1) is 0 Å². The summed E-state index contributed by atoms with van der Waals surface area (Å²) in [6.07, 6.45) is 1.50. The van der Waals surface area contributed by atoms with Crippen molar-refractivity contribution in [3.63, 3.8) is 0 Å². The van der Waals surface area contributed by atoms with E-state index in [4.69, 9.17) is 9.47 Å². The Balaban J connectivity index is 0.923. The van der Waals surface area contributed by atoms with E-state index in [-0.39, 0.29) is 79.1 Å². The molecule has 354 valence electrons. The number of benzene rings is 6. The molecule has 0 spiro atoms. The van der Waals surface area contributed by atoms with Crippen LogP contribution >= 0.6 is 0 Å². The van der Waals surface area contributed by atoms with Crippen molar-refractivity contribution in [1.29, 1.82) is 0 Å². The number of hydrogen-bond donors (Lipinski definition) is 8. The smallest absolute Gasteiger partial charge is 0.295 e. The van der Waals surface area contributed by atoms with Crippen molar-refractivity contribution < 1.29 is 64.8 Å². The minimum absolute atomic E-state index is 0.0144. The quantitative estimate of drug-likeness (QED) is 0.0346. The molecule has 6 aromatic rings. The molecule has 0 bridgehead atoms. The number of phenols is 2. The fourth-order valence-corrected chi connectivity index (χ4v) is 8.79. The van der Waals surface area contributed by atoms with Crippen molar-refractivity contribution in [3.8, 4) is 34.1 Å². The number of carbonyl (C=O) groups excluding carboxylic acids is 4. The van der Waals surface area contributed by atoms with Crippen molar-refractivity contribution in [1.82, 2.24) is 0 Å². The Bertz CT molecular complexity index is 3350. The van der Waals surface area contributed by atoms with Gasteiger partial charge in [-0.2, -0.15) is 27.0 Å². The average Bonchev–Trinajstić information content (AvgIpc) is 3.33. The van der Waals surface area contributed by atoms with Gasteiger partial charge >= 0.3 is 0 Å². The molecule has 0 aromatic heterocycles. The number of hydrazone groups is 2. The fraction of sp³-hybridized carbons (Fsp3) is 0.0417. The molecule has 6 aromatic carbocycles. The molecule has 8 rings (SSSR count). The zero-order valence-corrected chi connectivity index (χ0v) is 37.9. The van der Waals surface area contributed by atoms with Crippen LogP contribution in [0.5, 0.6) is 23.0 Å². The molecule has 22 heteroatoms. The zero-order valence-electron chi connectivity index (χ0n) is 36.3. The lowest BCUT2D eigenvalue weighted by molar-refractivity contribution is -0.109. The van der Waals surface area contributed by atoms with Crippen molar-refractivity contribution >= 4 is 87.6 Å². The van der Waals surface area contributed by atoms with E-state index in [1.54, 1.807) is 48.5 Å². The highest BCUT2D eigenvalue weighted by molar-refractivity contribution is 7.95. The Hall–Kier alpha value is -8.96. The van der Waals surface area contributed by atoms with Crippen LogP contribution in [0.1, 0.15) is 43.0 Å². The number of rotatable bonds is 13. The van der Waals surface area contributed by atoms with Crippen molar-refractivity contribution in [3.05, 3.63) is 167 Å². The van der Waals surface area contributed by atoms with Crippen LogP contribution in [0.15, 0.2) is 144 Å². The van der Waals surface area contributed by atoms with E-state index >= 15 is 0 Å². The minimum Gasteiger partial charge on any atom is -0.506 e. The summed E-state index contributed by atoms with van der Waals surface area (Å²) in [5.41, 5.74) is 7.09. The number of fused-ring (bicyclic) bond motifs is 2. The lowest BCUT2D eigenvalue weighted by Crippen LogP contribution is -2.23. The maximum atomic E-state index is 13.4. The predicted octanol–water partition coefficient (Wildman–Crippen LogP) is 6.54. The second-order valence-electron chi connectivity index (χ2n) is 15.1. The van der Waals surface area contributed by atoms with E-state index in [1.165, 1.54) is 87.0 Å². The third kappa shape index (κ3) is 9.72. The number of allylic oxidation sites excluding steroid dienone is 2. The predicted molar refractivity (Wildman–Crippen MR) is 259 cm³/mol. The van der Waals surface area contributed by atoms with Crippen molar-refractivity contribution in [2.45, 2.75) is 0 Å². The first kappa shape index (κ1) is 47.5. The molecule has 2 aliphatic carbocycles. The molecule has 0 atom stereocenters. The van der Waals surface area contributed by atoms with Crippen LogP contribution < -0.4 is 31.0 Å². The van der Waals surface area contributed by atoms with E-state index in [0.29, 0.717) is 11.1 Å². The molecule has 0 fully saturated rings. The Morgan fingerprint density at radius 1 is 0.500 bits per heavy atom. The van der Waals surface area contributed by atoms with Gasteiger partial charge in [0.25, 0.3) is 32.1 Å². The van der Waals surface area contributed by atoms with Gasteiger partial charge in [0, 0.05) is 45.5 Å². The molecule has 0 saturated heterocycles. The Morgan fingerprint density at radius 2 is 0.857 bits per heavy atom. The summed E-state index contributed by atoms with van der Waals surface area (Å²) in [6, 6.07) is 29.6. The zero-order chi connectivity index (χ0) is 50.1. The van der Waals surface area contributed by atoms with Gasteiger partial charge in [0.1, 0.15) is 44.2 Å². The van der Waals surface area contributed by atoms with Crippen LogP contribution in [0.2, 0.25) is 0 Å². The number of methoxy groups -OCH3 is 2.